The zero-order valence-electron chi connectivity index (χ0n) is 15.4. The number of benzene rings is 1. The first-order chi connectivity index (χ1) is 13.0. The summed E-state index contributed by atoms with van der Waals surface area (Å²) in [6.07, 6.45) is 2.33. The highest BCUT2D eigenvalue weighted by atomic mass is 32.1. The van der Waals surface area contributed by atoms with Gasteiger partial charge in [0.25, 0.3) is 5.56 Å². The summed E-state index contributed by atoms with van der Waals surface area (Å²) >= 11 is 1.44. The van der Waals surface area contributed by atoms with Crippen molar-refractivity contribution in [2.75, 3.05) is 16.8 Å². The Morgan fingerprint density at radius 1 is 1.26 bits per heavy atom. The van der Waals surface area contributed by atoms with Gasteiger partial charge in [0.2, 0.25) is 10.9 Å². The van der Waals surface area contributed by atoms with E-state index < -0.39 is 0 Å². The highest BCUT2D eigenvalue weighted by molar-refractivity contribution is 7.16. The molecule has 0 radical (unpaired) electrons. The number of nitrogens with zero attached hydrogens (tertiary/aromatic N) is 4. The number of carbonyl (C=O) groups excluding carboxylic acids is 1. The third kappa shape index (κ3) is 3.44. The number of carbonyl (C=O) groups is 1. The molecule has 0 unspecified atom stereocenters. The van der Waals surface area contributed by atoms with Crippen LogP contribution in [0.25, 0.3) is 4.96 Å². The normalized spacial score (nSPS) is 14.3. The van der Waals surface area contributed by atoms with Gasteiger partial charge in [-0.1, -0.05) is 18.3 Å². The van der Waals surface area contributed by atoms with E-state index in [9.17, 15) is 9.59 Å². The topological polar surface area (TPSA) is 79.6 Å². The van der Waals surface area contributed by atoms with Gasteiger partial charge in [-0.05, 0) is 43.5 Å². The fourth-order valence-electron chi connectivity index (χ4n) is 3.29. The van der Waals surface area contributed by atoms with Crippen molar-refractivity contribution in [2.24, 2.45) is 0 Å². The molecule has 0 spiro atoms. The summed E-state index contributed by atoms with van der Waals surface area (Å²) in [4.78, 5) is 31.2. The molecule has 0 atom stereocenters. The first kappa shape index (κ1) is 17.7. The van der Waals surface area contributed by atoms with Crippen molar-refractivity contribution in [2.45, 2.75) is 39.7 Å². The smallest absolute Gasteiger partial charge is 0.275 e. The van der Waals surface area contributed by atoms with Gasteiger partial charge >= 0.3 is 0 Å². The van der Waals surface area contributed by atoms with Crippen LogP contribution in [0.1, 0.15) is 36.0 Å². The first-order valence-electron chi connectivity index (χ1n) is 9.08. The summed E-state index contributed by atoms with van der Waals surface area (Å²) in [5.74, 6) is 0.188. The molecule has 8 heteroatoms. The maximum Gasteiger partial charge on any atom is 0.275 e. The lowest BCUT2D eigenvalue weighted by Gasteiger charge is -2.19. The SMILES string of the molecule is CCc1nn2c(=O)cc(CNc3ccc(N4CCCC4=O)c(C)c3)nc2s1. The summed E-state index contributed by atoms with van der Waals surface area (Å²) in [7, 11) is 0. The van der Waals surface area contributed by atoms with Crippen LogP contribution in [0.15, 0.2) is 29.1 Å². The van der Waals surface area contributed by atoms with E-state index in [1.807, 2.05) is 36.9 Å². The van der Waals surface area contributed by atoms with Crippen molar-refractivity contribution in [3.63, 3.8) is 0 Å². The molecule has 1 N–H and O–H groups in total. The summed E-state index contributed by atoms with van der Waals surface area (Å²) in [6, 6.07) is 7.47. The Hall–Kier alpha value is -2.74. The second-order valence-corrected chi connectivity index (χ2v) is 7.67. The van der Waals surface area contributed by atoms with Gasteiger partial charge < -0.3 is 10.2 Å². The summed E-state index contributed by atoms with van der Waals surface area (Å²) < 4.78 is 1.36. The largest absolute Gasteiger partial charge is 0.379 e. The van der Waals surface area contributed by atoms with Gasteiger partial charge in [-0.25, -0.2) is 4.98 Å². The molecule has 3 aromatic rings. The molecule has 3 heterocycles. The van der Waals surface area contributed by atoms with E-state index in [1.165, 1.54) is 21.9 Å². The number of anilines is 2. The average Bonchev–Trinajstić information content (AvgIpc) is 3.26. The lowest BCUT2D eigenvalue weighted by Crippen LogP contribution is -2.24. The Balaban J connectivity index is 1.51. The molecule has 140 valence electrons. The number of aryl methyl sites for hydroxylation is 2. The number of rotatable bonds is 5. The second-order valence-electron chi connectivity index (χ2n) is 6.63. The maximum atomic E-state index is 12.2. The summed E-state index contributed by atoms with van der Waals surface area (Å²) in [5.41, 5.74) is 3.48. The number of fused-ring (bicyclic) bond motifs is 1. The van der Waals surface area contributed by atoms with E-state index >= 15 is 0 Å². The molecule has 1 saturated heterocycles. The molecule has 1 fully saturated rings. The molecule has 7 nitrogen and oxygen atoms in total. The molecule has 1 amide bonds. The molecule has 0 bridgehead atoms. The van der Waals surface area contributed by atoms with Crippen LogP contribution in [0.4, 0.5) is 11.4 Å². The monoisotopic (exact) mass is 383 g/mol. The van der Waals surface area contributed by atoms with Crippen molar-refractivity contribution < 1.29 is 4.79 Å². The molecule has 1 aliphatic heterocycles. The van der Waals surface area contributed by atoms with Gasteiger partial charge in [-0.2, -0.15) is 9.61 Å². The van der Waals surface area contributed by atoms with Crippen molar-refractivity contribution >= 4 is 33.6 Å². The number of amides is 1. The van der Waals surface area contributed by atoms with Gasteiger partial charge in [-0.3, -0.25) is 9.59 Å². The third-order valence-electron chi connectivity index (χ3n) is 4.68. The molecule has 1 aliphatic rings. The predicted molar refractivity (Wildman–Crippen MR) is 107 cm³/mol. The number of hydrogen-bond acceptors (Lipinski definition) is 6. The molecule has 0 aliphatic carbocycles. The van der Waals surface area contributed by atoms with Crippen LogP contribution >= 0.6 is 11.3 Å². The standard InChI is InChI=1S/C19H21N5O2S/c1-3-16-22-24-18(26)10-14(21-19(24)27-16)11-20-13-6-7-15(12(2)9-13)23-8-4-5-17(23)25/h6-7,9-10,20H,3-5,8,11H2,1-2H3. The molecule has 4 rings (SSSR count). The maximum absolute atomic E-state index is 12.2. The van der Waals surface area contributed by atoms with Crippen molar-refractivity contribution in [1.82, 2.24) is 14.6 Å². The van der Waals surface area contributed by atoms with E-state index in [2.05, 4.69) is 15.4 Å². The van der Waals surface area contributed by atoms with Crippen LogP contribution < -0.4 is 15.8 Å². The molecule has 1 aromatic carbocycles. The first-order valence-corrected chi connectivity index (χ1v) is 9.90. The Bertz CT molecular complexity index is 1070. The van der Waals surface area contributed by atoms with E-state index in [1.54, 1.807) is 0 Å². The lowest BCUT2D eigenvalue weighted by atomic mass is 10.1. The van der Waals surface area contributed by atoms with E-state index in [-0.39, 0.29) is 11.5 Å². The zero-order chi connectivity index (χ0) is 19.0. The molecule has 2 aromatic heterocycles. The Morgan fingerprint density at radius 3 is 2.81 bits per heavy atom. The fraction of sp³-hybridized carbons (Fsp3) is 0.368. The van der Waals surface area contributed by atoms with Gasteiger partial charge in [-0.15, -0.1) is 0 Å². The fourth-order valence-corrected chi connectivity index (χ4v) is 4.15. The zero-order valence-corrected chi connectivity index (χ0v) is 16.2. The van der Waals surface area contributed by atoms with Crippen LogP contribution in [0, 0.1) is 6.92 Å². The van der Waals surface area contributed by atoms with Crippen LogP contribution in [0.2, 0.25) is 0 Å². The molecular weight excluding hydrogens is 362 g/mol. The highest BCUT2D eigenvalue weighted by Gasteiger charge is 2.22. The Labute approximate surface area is 160 Å². The molecule has 27 heavy (non-hydrogen) atoms. The Morgan fingerprint density at radius 2 is 2.11 bits per heavy atom. The van der Waals surface area contributed by atoms with Gasteiger partial charge in [0.1, 0.15) is 5.01 Å². The minimum atomic E-state index is -0.160. The number of aromatic nitrogens is 3. The molecular formula is C19H21N5O2S. The van der Waals surface area contributed by atoms with E-state index in [0.717, 1.165) is 41.3 Å². The van der Waals surface area contributed by atoms with Crippen LogP contribution in [-0.2, 0) is 17.8 Å². The van der Waals surface area contributed by atoms with Crippen molar-refractivity contribution in [3.8, 4) is 0 Å². The van der Waals surface area contributed by atoms with Crippen molar-refractivity contribution in [3.05, 3.63) is 50.9 Å². The third-order valence-corrected chi connectivity index (χ3v) is 5.73. The van der Waals surface area contributed by atoms with Gasteiger partial charge in [0.15, 0.2) is 0 Å². The van der Waals surface area contributed by atoms with E-state index in [4.69, 9.17) is 0 Å². The lowest BCUT2D eigenvalue weighted by molar-refractivity contribution is -0.117. The van der Waals surface area contributed by atoms with Crippen LogP contribution in [-0.4, -0.2) is 27.0 Å². The molecule has 0 saturated carbocycles. The number of hydrogen-bond donors (Lipinski definition) is 1. The minimum absolute atomic E-state index is 0.160. The predicted octanol–water partition coefficient (Wildman–Crippen LogP) is 2.76. The second kappa shape index (κ2) is 7.11. The highest BCUT2D eigenvalue weighted by Crippen LogP contribution is 2.27. The quantitative estimate of drug-likeness (QED) is 0.733. The summed E-state index contributed by atoms with van der Waals surface area (Å²) in [6.45, 7) is 5.25. The van der Waals surface area contributed by atoms with Gasteiger partial charge in [0, 0.05) is 30.4 Å². The Kier molecular flexibility index (Phi) is 4.65. The summed E-state index contributed by atoms with van der Waals surface area (Å²) in [5, 5.41) is 8.47. The van der Waals surface area contributed by atoms with Gasteiger partial charge in [0.05, 0.1) is 12.2 Å². The van der Waals surface area contributed by atoms with Crippen LogP contribution in [0.5, 0.6) is 0 Å². The average molecular weight is 383 g/mol. The van der Waals surface area contributed by atoms with Crippen molar-refractivity contribution in [1.29, 1.82) is 0 Å². The minimum Gasteiger partial charge on any atom is -0.379 e. The van der Waals surface area contributed by atoms with E-state index in [0.29, 0.717) is 23.6 Å². The number of nitrogens with one attached hydrogen (secondary N) is 1. The van der Waals surface area contributed by atoms with Crippen LogP contribution in [0.3, 0.4) is 0 Å².